The van der Waals surface area contributed by atoms with Gasteiger partial charge in [-0.2, -0.15) is 4.31 Å². The summed E-state index contributed by atoms with van der Waals surface area (Å²) in [4.78, 5) is 0.365. The monoisotopic (exact) mass is 388 g/mol. The smallest absolute Gasteiger partial charge is 0.243 e. The van der Waals surface area contributed by atoms with Crippen LogP contribution in [0.1, 0.15) is 39.0 Å². The van der Waals surface area contributed by atoms with E-state index in [1.54, 1.807) is 28.6 Å². The highest BCUT2D eigenvalue weighted by Gasteiger charge is 2.33. The highest BCUT2D eigenvalue weighted by molar-refractivity contribution is 7.89. The van der Waals surface area contributed by atoms with E-state index in [1.165, 1.54) is 12.8 Å². The quantitative estimate of drug-likeness (QED) is 0.813. The van der Waals surface area contributed by atoms with Gasteiger partial charge in [0.05, 0.1) is 11.5 Å². The predicted octanol–water partition coefficient (Wildman–Crippen LogP) is 3.05. The van der Waals surface area contributed by atoms with Crippen molar-refractivity contribution in [3.05, 3.63) is 24.3 Å². The summed E-state index contributed by atoms with van der Waals surface area (Å²) >= 11 is 0. The van der Waals surface area contributed by atoms with Crippen LogP contribution in [0, 0.1) is 5.92 Å². The second-order valence-corrected chi connectivity index (χ2v) is 8.70. The molecule has 3 rings (SSSR count). The zero-order chi connectivity index (χ0) is 17.0. The van der Waals surface area contributed by atoms with Crippen LogP contribution in [-0.2, 0) is 10.0 Å². The van der Waals surface area contributed by atoms with Gasteiger partial charge in [0.1, 0.15) is 5.75 Å². The van der Waals surface area contributed by atoms with Crippen molar-refractivity contribution >= 4 is 22.4 Å². The zero-order valence-electron chi connectivity index (χ0n) is 14.8. The summed E-state index contributed by atoms with van der Waals surface area (Å²) in [7, 11) is -3.39. The fourth-order valence-electron chi connectivity index (χ4n) is 3.71. The molecule has 0 bridgehead atoms. The fraction of sp³-hybridized carbons (Fsp3) is 0.667. The molecule has 142 valence electrons. The molecular formula is C18H29ClN2O3S. The molecule has 0 aliphatic carbocycles. The molecule has 0 saturated carbocycles. The molecule has 7 heteroatoms. The number of benzene rings is 1. The van der Waals surface area contributed by atoms with E-state index in [4.69, 9.17) is 4.74 Å². The highest BCUT2D eigenvalue weighted by atomic mass is 35.5. The maximum atomic E-state index is 12.8. The Balaban J connectivity index is 0.00000225. The minimum Gasteiger partial charge on any atom is -0.494 e. The average molecular weight is 389 g/mol. The van der Waals surface area contributed by atoms with Crippen LogP contribution in [0.2, 0.25) is 0 Å². The Bertz CT molecular complexity index is 622. The second-order valence-electron chi connectivity index (χ2n) is 6.76. The molecule has 2 aliphatic heterocycles. The van der Waals surface area contributed by atoms with Crippen molar-refractivity contribution < 1.29 is 13.2 Å². The number of hydrogen-bond donors (Lipinski definition) is 1. The summed E-state index contributed by atoms with van der Waals surface area (Å²) in [5.74, 6) is 1.34. The number of sulfonamides is 1. The predicted molar refractivity (Wildman–Crippen MR) is 102 cm³/mol. The van der Waals surface area contributed by atoms with Crippen LogP contribution in [0.3, 0.4) is 0 Å². The lowest BCUT2D eigenvalue weighted by Crippen LogP contribution is -2.43. The van der Waals surface area contributed by atoms with Crippen molar-refractivity contribution in [2.45, 2.75) is 50.0 Å². The van der Waals surface area contributed by atoms with E-state index in [1.807, 2.05) is 6.92 Å². The van der Waals surface area contributed by atoms with E-state index in [0.717, 1.165) is 31.6 Å². The Labute approximate surface area is 157 Å². The van der Waals surface area contributed by atoms with E-state index in [-0.39, 0.29) is 12.4 Å². The molecule has 2 heterocycles. The van der Waals surface area contributed by atoms with Crippen LogP contribution >= 0.6 is 12.4 Å². The van der Waals surface area contributed by atoms with Gasteiger partial charge in [-0.15, -0.1) is 12.4 Å². The van der Waals surface area contributed by atoms with Crippen molar-refractivity contribution in [3.63, 3.8) is 0 Å². The van der Waals surface area contributed by atoms with Crippen molar-refractivity contribution in [2.24, 2.45) is 5.92 Å². The summed E-state index contributed by atoms with van der Waals surface area (Å²) in [6.45, 7) is 5.05. The lowest BCUT2D eigenvalue weighted by Gasteiger charge is -2.34. The summed E-state index contributed by atoms with van der Waals surface area (Å²) in [6, 6.07) is 7.40. The number of halogens is 1. The molecule has 0 spiro atoms. The van der Waals surface area contributed by atoms with Gasteiger partial charge in [-0.25, -0.2) is 8.42 Å². The molecule has 0 radical (unpaired) electrons. The lowest BCUT2D eigenvalue weighted by atomic mass is 9.89. The van der Waals surface area contributed by atoms with Gasteiger partial charge in [0.15, 0.2) is 0 Å². The Hall–Kier alpha value is -0.820. The zero-order valence-corrected chi connectivity index (χ0v) is 16.4. The first kappa shape index (κ1) is 20.5. The molecular weight excluding hydrogens is 360 g/mol. The summed E-state index contributed by atoms with van der Waals surface area (Å²) in [5.41, 5.74) is 0. The summed E-state index contributed by atoms with van der Waals surface area (Å²) < 4.78 is 32.8. The molecule has 25 heavy (non-hydrogen) atoms. The van der Waals surface area contributed by atoms with E-state index in [9.17, 15) is 8.42 Å². The molecule has 2 aliphatic rings. The molecule has 0 aromatic heterocycles. The van der Waals surface area contributed by atoms with Crippen molar-refractivity contribution in [3.8, 4) is 5.75 Å². The molecule has 5 nitrogen and oxygen atoms in total. The first-order chi connectivity index (χ1) is 11.6. The third kappa shape index (κ3) is 4.88. The Morgan fingerprint density at radius 3 is 2.40 bits per heavy atom. The number of nitrogens with one attached hydrogen (secondary N) is 1. The molecule has 0 amide bonds. The molecule has 1 atom stereocenters. The van der Waals surface area contributed by atoms with Gasteiger partial charge in [-0.1, -0.05) is 6.92 Å². The Morgan fingerprint density at radius 1 is 1.16 bits per heavy atom. The third-order valence-corrected chi connectivity index (χ3v) is 7.01. The Kier molecular flexibility index (Phi) is 7.55. The molecule has 1 aromatic rings. The molecule has 1 N–H and O–H groups in total. The highest BCUT2D eigenvalue weighted by Crippen LogP contribution is 2.29. The maximum absolute atomic E-state index is 12.8. The third-order valence-electron chi connectivity index (χ3n) is 5.10. The van der Waals surface area contributed by atoms with E-state index in [2.05, 4.69) is 5.32 Å². The van der Waals surface area contributed by atoms with Gasteiger partial charge >= 0.3 is 0 Å². The van der Waals surface area contributed by atoms with Gasteiger partial charge in [-0.3, -0.25) is 0 Å². The van der Waals surface area contributed by atoms with Crippen LogP contribution in [0.4, 0.5) is 0 Å². The SMILES string of the molecule is CCCOc1ccc(S(=O)(=O)N2CCC(C3CCCN3)CC2)cc1.Cl. The molecule has 2 fully saturated rings. The fourth-order valence-corrected chi connectivity index (χ4v) is 5.18. The van der Waals surface area contributed by atoms with Gasteiger partial charge in [0, 0.05) is 19.1 Å². The number of nitrogens with zero attached hydrogens (tertiary/aromatic N) is 1. The van der Waals surface area contributed by atoms with Crippen LogP contribution in [0.15, 0.2) is 29.2 Å². The van der Waals surface area contributed by atoms with Crippen LogP contribution in [-0.4, -0.2) is 45.0 Å². The van der Waals surface area contributed by atoms with Gasteiger partial charge in [0.25, 0.3) is 0 Å². The van der Waals surface area contributed by atoms with Crippen molar-refractivity contribution in [1.29, 1.82) is 0 Å². The first-order valence-corrected chi connectivity index (χ1v) is 10.5. The van der Waals surface area contributed by atoms with Gasteiger partial charge in [-0.05, 0) is 68.8 Å². The standard InChI is InChI=1S/C18H28N2O3S.ClH/c1-2-14-23-16-5-7-17(8-6-16)24(21,22)20-12-9-15(10-13-20)18-4-3-11-19-18;/h5-8,15,18-19H,2-4,9-14H2,1H3;1H. The minimum absolute atomic E-state index is 0. The molecule has 1 unspecified atom stereocenters. The molecule has 1 aromatic carbocycles. The number of hydrogen-bond acceptors (Lipinski definition) is 4. The topological polar surface area (TPSA) is 58.6 Å². The second kappa shape index (κ2) is 9.21. The summed E-state index contributed by atoms with van der Waals surface area (Å²) in [5, 5.41) is 3.55. The van der Waals surface area contributed by atoms with Crippen LogP contribution < -0.4 is 10.1 Å². The summed E-state index contributed by atoms with van der Waals surface area (Å²) in [6.07, 6.45) is 5.32. The largest absolute Gasteiger partial charge is 0.494 e. The Morgan fingerprint density at radius 2 is 1.84 bits per heavy atom. The maximum Gasteiger partial charge on any atom is 0.243 e. The van der Waals surface area contributed by atoms with Crippen LogP contribution in [0.5, 0.6) is 5.75 Å². The average Bonchev–Trinajstić information content (AvgIpc) is 3.15. The number of piperidine rings is 1. The van der Waals surface area contributed by atoms with Crippen LogP contribution in [0.25, 0.3) is 0 Å². The van der Waals surface area contributed by atoms with E-state index in [0.29, 0.717) is 36.6 Å². The first-order valence-electron chi connectivity index (χ1n) is 9.07. The van der Waals surface area contributed by atoms with Crippen molar-refractivity contribution in [1.82, 2.24) is 9.62 Å². The lowest BCUT2D eigenvalue weighted by molar-refractivity contribution is 0.234. The molecule has 2 saturated heterocycles. The van der Waals surface area contributed by atoms with E-state index >= 15 is 0 Å². The van der Waals surface area contributed by atoms with Gasteiger partial charge in [0.2, 0.25) is 10.0 Å². The normalized spacial score (nSPS) is 22.5. The minimum atomic E-state index is -3.39. The van der Waals surface area contributed by atoms with Crippen molar-refractivity contribution in [2.75, 3.05) is 26.2 Å². The number of ether oxygens (including phenoxy) is 1. The number of rotatable bonds is 6. The van der Waals surface area contributed by atoms with Gasteiger partial charge < -0.3 is 10.1 Å². The van der Waals surface area contributed by atoms with E-state index < -0.39 is 10.0 Å².